The molecule has 20 heavy (non-hydrogen) atoms. The molecule has 2 heterocycles. The van der Waals surface area contributed by atoms with Crippen molar-refractivity contribution in [1.29, 1.82) is 0 Å². The summed E-state index contributed by atoms with van der Waals surface area (Å²) in [5.74, 6) is 0.617. The largest absolute Gasteiger partial charge is 0.444 e. The van der Waals surface area contributed by atoms with E-state index in [0.29, 0.717) is 18.9 Å². The maximum atomic E-state index is 12.1. The molecule has 1 fully saturated rings. The van der Waals surface area contributed by atoms with Crippen LogP contribution in [0.3, 0.4) is 0 Å². The van der Waals surface area contributed by atoms with Crippen LogP contribution in [-0.4, -0.2) is 45.9 Å². The van der Waals surface area contributed by atoms with Gasteiger partial charge in [0, 0.05) is 19.1 Å². The number of hydrogen-bond acceptors (Lipinski definition) is 6. The number of nitrogens with one attached hydrogen (secondary N) is 1. The second-order valence-electron chi connectivity index (χ2n) is 5.95. The van der Waals surface area contributed by atoms with Crippen LogP contribution in [0.4, 0.5) is 4.79 Å². The monoisotopic (exact) mass is 282 g/mol. The number of hydrogen-bond donors (Lipinski definition) is 1. The third-order valence-electron chi connectivity index (χ3n) is 3.08. The van der Waals surface area contributed by atoms with E-state index < -0.39 is 5.60 Å². The molecule has 0 aliphatic carbocycles. The molecule has 1 aliphatic heterocycles. The molecule has 2 rings (SSSR count). The molecule has 112 valence electrons. The zero-order valence-electron chi connectivity index (χ0n) is 12.3. The number of amides is 1. The number of ether oxygens (including phenoxy) is 1. The van der Waals surface area contributed by atoms with Crippen molar-refractivity contribution in [2.24, 2.45) is 0 Å². The van der Waals surface area contributed by atoms with Gasteiger partial charge in [0.2, 0.25) is 6.39 Å². The van der Waals surface area contributed by atoms with Crippen LogP contribution < -0.4 is 5.32 Å². The molecule has 0 spiro atoms. The summed E-state index contributed by atoms with van der Waals surface area (Å²) in [6.45, 7) is 7.63. The number of aromatic nitrogens is 2. The predicted molar refractivity (Wildman–Crippen MR) is 72.0 cm³/mol. The third kappa shape index (κ3) is 4.19. The highest BCUT2D eigenvalue weighted by Crippen LogP contribution is 2.20. The minimum Gasteiger partial charge on any atom is -0.444 e. The molecule has 1 atom stereocenters. The lowest BCUT2D eigenvalue weighted by atomic mass is 10.2. The van der Waals surface area contributed by atoms with Gasteiger partial charge in [-0.25, -0.2) is 4.79 Å². The lowest BCUT2D eigenvalue weighted by molar-refractivity contribution is 0.0226. The molecule has 1 amide bonds. The number of rotatable bonds is 4. The van der Waals surface area contributed by atoms with Gasteiger partial charge in [0.15, 0.2) is 5.82 Å². The standard InChI is InChI=1S/C13H22N4O3/c1-13(2,3)20-12(18)17-6-4-5-10(17)7-14-8-11-15-9-19-16-11/h9-10,14H,4-8H2,1-3H3. The molecular weight excluding hydrogens is 260 g/mol. The molecule has 1 N–H and O–H groups in total. The van der Waals surface area contributed by atoms with Crippen LogP contribution in [0.5, 0.6) is 0 Å². The SMILES string of the molecule is CC(C)(C)OC(=O)N1CCCC1CNCc1ncon1. The van der Waals surface area contributed by atoms with Gasteiger partial charge in [0.05, 0.1) is 6.54 Å². The quantitative estimate of drug-likeness (QED) is 0.902. The number of carbonyl (C=O) groups excluding carboxylic acids is 1. The molecule has 7 heteroatoms. The fourth-order valence-electron chi connectivity index (χ4n) is 2.23. The van der Waals surface area contributed by atoms with E-state index in [1.54, 1.807) is 4.90 Å². The second kappa shape index (κ2) is 6.21. The Bertz CT molecular complexity index is 427. The van der Waals surface area contributed by atoms with E-state index in [4.69, 9.17) is 4.74 Å². The molecule has 0 bridgehead atoms. The molecule has 0 radical (unpaired) electrons. The Morgan fingerprint density at radius 1 is 1.60 bits per heavy atom. The van der Waals surface area contributed by atoms with Gasteiger partial charge in [-0.3, -0.25) is 0 Å². The van der Waals surface area contributed by atoms with Gasteiger partial charge in [-0.2, -0.15) is 4.98 Å². The van der Waals surface area contributed by atoms with Gasteiger partial charge in [-0.15, -0.1) is 0 Å². The van der Waals surface area contributed by atoms with Crippen LogP contribution in [-0.2, 0) is 11.3 Å². The maximum Gasteiger partial charge on any atom is 0.410 e. The van der Waals surface area contributed by atoms with Crippen LogP contribution in [0.1, 0.15) is 39.4 Å². The van der Waals surface area contributed by atoms with Gasteiger partial charge in [0.25, 0.3) is 0 Å². The summed E-state index contributed by atoms with van der Waals surface area (Å²) in [6, 6.07) is 0.164. The van der Waals surface area contributed by atoms with Crippen molar-refractivity contribution in [3.8, 4) is 0 Å². The molecule has 7 nitrogen and oxygen atoms in total. The van der Waals surface area contributed by atoms with Crippen LogP contribution in [0.15, 0.2) is 10.9 Å². The fraction of sp³-hybridized carbons (Fsp3) is 0.769. The van der Waals surface area contributed by atoms with Crippen LogP contribution in [0, 0.1) is 0 Å². The van der Waals surface area contributed by atoms with Crippen molar-refractivity contribution in [3.63, 3.8) is 0 Å². The Balaban J connectivity index is 1.79. The van der Waals surface area contributed by atoms with Gasteiger partial charge < -0.3 is 19.5 Å². The van der Waals surface area contributed by atoms with Crippen molar-refractivity contribution in [2.75, 3.05) is 13.1 Å². The summed E-state index contributed by atoms with van der Waals surface area (Å²) in [5.41, 5.74) is -0.456. The lowest BCUT2D eigenvalue weighted by Gasteiger charge is -2.28. The smallest absolute Gasteiger partial charge is 0.410 e. The van der Waals surface area contributed by atoms with Gasteiger partial charge >= 0.3 is 6.09 Å². The minimum atomic E-state index is -0.456. The van der Waals surface area contributed by atoms with Gasteiger partial charge in [0.1, 0.15) is 5.60 Å². The maximum absolute atomic E-state index is 12.1. The molecular formula is C13H22N4O3. The van der Waals surface area contributed by atoms with Gasteiger partial charge in [-0.05, 0) is 33.6 Å². The molecule has 1 aromatic heterocycles. The molecule has 1 aromatic rings. The summed E-state index contributed by atoms with van der Waals surface area (Å²) < 4.78 is 10.1. The zero-order valence-corrected chi connectivity index (χ0v) is 12.3. The number of carbonyl (C=O) groups is 1. The Labute approximate surface area is 118 Å². The first-order valence-corrected chi connectivity index (χ1v) is 6.91. The van der Waals surface area contributed by atoms with E-state index >= 15 is 0 Å². The number of likely N-dealkylation sites (tertiary alicyclic amines) is 1. The molecule has 1 saturated heterocycles. The van der Waals surface area contributed by atoms with Crippen molar-refractivity contribution in [1.82, 2.24) is 20.4 Å². The third-order valence-corrected chi connectivity index (χ3v) is 3.08. The first-order chi connectivity index (χ1) is 9.46. The topological polar surface area (TPSA) is 80.5 Å². The van der Waals surface area contributed by atoms with Crippen molar-refractivity contribution in [3.05, 3.63) is 12.2 Å². The Hall–Kier alpha value is -1.63. The van der Waals surface area contributed by atoms with Gasteiger partial charge in [-0.1, -0.05) is 5.16 Å². The molecule has 0 saturated carbocycles. The Kier molecular flexibility index (Phi) is 4.59. The van der Waals surface area contributed by atoms with Crippen molar-refractivity contribution >= 4 is 6.09 Å². The Morgan fingerprint density at radius 2 is 2.40 bits per heavy atom. The Morgan fingerprint density at radius 3 is 3.05 bits per heavy atom. The van der Waals surface area contributed by atoms with E-state index in [0.717, 1.165) is 19.4 Å². The van der Waals surface area contributed by atoms with E-state index in [1.807, 2.05) is 20.8 Å². The van der Waals surface area contributed by atoms with Crippen LogP contribution in [0.25, 0.3) is 0 Å². The van der Waals surface area contributed by atoms with E-state index in [2.05, 4.69) is 20.0 Å². The van der Waals surface area contributed by atoms with E-state index in [-0.39, 0.29) is 12.1 Å². The summed E-state index contributed by atoms with van der Waals surface area (Å²) in [4.78, 5) is 17.8. The highest BCUT2D eigenvalue weighted by atomic mass is 16.6. The van der Waals surface area contributed by atoms with Crippen molar-refractivity contribution in [2.45, 2.75) is 51.8 Å². The molecule has 0 aromatic carbocycles. The highest BCUT2D eigenvalue weighted by Gasteiger charge is 2.31. The van der Waals surface area contributed by atoms with Crippen molar-refractivity contribution < 1.29 is 14.1 Å². The predicted octanol–water partition coefficient (Wildman–Crippen LogP) is 1.56. The summed E-state index contributed by atoms with van der Waals surface area (Å²) in [6.07, 6.45) is 3.06. The minimum absolute atomic E-state index is 0.164. The first kappa shape index (κ1) is 14.8. The van der Waals surface area contributed by atoms with Crippen LogP contribution >= 0.6 is 0 Å². The summed E-state index contributed by atoms with van der Waals surface area (Å²) >= 11 is 0. The molecule has 1 aliphatic rings. The summed E-state index contributed by atoms with van der Waals surface area (Å²) in [7, 11) is 0. The average molecular weight is 282 g/mol. The lowest BCUT2D eigenvalue weighted by Crippen LogP contribution is -2.44. The fourth-order valence-corrected chi connectivity index (χ4v) is 2.23. The highest BCUT2D eigenvalue weighted by molar-refractivity contribution is 5.69. The first-order valence-electron chi connectivity index (χ1n) is 6.91. The van der Waals surface area contributed by atoms with E-state index in [1.165, 1.54) is 6.39 Å². The summed E-state index contributed by atoms with van der Waals surface area (Å²) in [5, 5.41) is 6.97. The average Bonchev–Trinajstić information content (AvgIpc) is 2.97. The molecule has 1 unspecified atom stereocenters. The zero-order chi connectivity index (χ0) is 14.6. The normalized spacial score (nSPS) is 19.4. The van der Waals surface area contributed by atoms with E-state index in [9.17, 15) is 4.79 Å². The van der Waals surface area contributed by atoms with Crippen LogP contribution in [0.2, 0.25) is 0 Å². The number of nitrogens with zero attached hydrogens (tertiary/aromatic N) is 3. The second-order valence-corrected chi connectivity index (χ2v) is 5.95.